The molecule has 17 heavy (non-hydrogen) atoms. The third kappa shape index (κ3) is 2.65. The van der Waals surface area contributed by atoms with Crippen molar-refractivity contribution in [2.24, 2.45) is 0 Å². The fourth-order valence-corrected chi connectivity index (χ4v) is 1.70. The molecule has 0 aliphatic carbocycles. The maximum atomic E-state index is 13.7. The maximum Gasteiger partial charge on any atom is 0.146 e. The molecular weight excluding hydrogens is 221 g/mol. The van der Waals surface area contributed by atoms with Crippen LogP contribution in [0.4, 0.5) is 10.1 Å². The lowest BCUT2D eigenvalue weighted by molar-refractivity contribution is 0.281. The van der Waals surface area contributed by atoms with Crippen LogP contribution in [0.25, 0.3) is 0 Å². The highest BCUT2D eigenvalue weighted by Gasteiger charge is 2.09. The van der Waals surface area contributed by atoms with Crippen molar-refractivity contribution in [2.45, 2.75) is 13.2 Å². The fourth-order valence-electron chi connectivity index (χ4n) is 1.70. The van der Waals surface area contributed by atoms with Crippen LogP contribution in [-0.4, -0.2) is 12.2 Å². The second-order valence-corrected chi connectivity index (χ2v) is 3.93. The average molecular weight is 235 g/mol. The van der Waals surface area contributed by atoms with E-state index >= 15 is 0 Å². The summed E-state index contributed by atoms with van der Waals surface area (Å²) < 4.78 is 18.7. The van der Waals surface area contributed by atoms with Crippen LogP contribution in [0.2, 0.25) is 0 Å². The van der Waals surface area contributed by atoms with Gasteiger partial charge < -0.3 is 14.4 Å². The summed E-state index contributed by atoms with van der Waals surface area (Å²) in [5, 5.41) is 8.91. The van der Waals surface area contributed by atoms with Gasteiger partial charge in [-0.25, -0.2) is 4.39 Å². The summed E-state index contributed by atoms with van der Waals surface area (Å²) in [5.41, 5.74) is 2.06. The van der Waals surface area contributed by atoms with Crippen molar-refractivity contribution in [3.8, 4) is 0 Å². The Bertz CT molecular complexity index is 482. The summed E-state index contributed by atoms with van der Waals surface area (Å²) in [6.45, 7) is 0.425. The average Bonchev–Trinajstić information content (AvgIpc) is 2.81. The van der Waals surface area contributed by atoms with Crippen LogP contribution in [0.15, 0.2) is 41.2 Å². The van der Waals surface area contributed by atoms with Crippen LogP contribution in [-0.2, 0) is 13.2 Å². The van der Waals surface area contributed by atoms with Crippen molar-refractivity contribution in [2.75, 3.05) is 11.9 Å². The van der Waals surface area contributed by atoms with Gasteiger partial charge in [-0.1, -0.05) is 6.07 Å². The largest absolute Gasteiger partial charge is 0.472 e. The zero-order valence-corrected chi connectivity index (χ0v) is 9.56. The normalized spacial score (nSPS) is 10.5. The lowest BCUT2D eigenvalue weighted by atomic mass is 10.2. The van der Waals surface area contributed by atoms with Gasteiger partial charge in [0.25, 0.3) is 0 Å². The summed E-state index contributed by atoms with van der Waals surface area (Å²) in [6, 6.07) is 6.57. The molecule has 90 valence electrons. The number of anilines is 1. The first-order valence-corrected chi connectivity index (χ1v) is 5.32. The molecule has 1 aromatic heterocycles. The molecule has 0 aliphatic heterocycles. The van der Waals surface area contributed by atoms with E-state index in [-0.39, 0.29) is 12.4 Å². The Kier molecular flexibility index (Phi) is 3.44. The number of halogens is 1. The number of hydrogen-bond donors (Lipinski definition) is 1. The number of hydrogen-bond acceptors (Lipinski definition) is 3. The Balaban J connectivity index is 2.16. The monoisotopic (exact) mass is 235 g/mol. The van der Waals surface area contributed by atoms with Crippen LogP contribution in [0, 0.1) is 5.82 Å². The molecule has 3 nitrogen and oxygen atoms in total. The molecule has 2 aromatic rings. The number of furan rings is 1. The van der Waals surface area contributed by atoms with Crippen molar-refractivity contribution in [1.29, 1.82) is 0 Å². The van der Waals surface area contributed by atoms with Crippen molar-refractivity contribution in [3.63, 3.8) is 0 Å². The first kappa shape index (κ1) is 11.7. The van der Waals surface area contributed by atoms with Gasteiger partial charge >= 0.3 is 0 Å². The Labute approximate surface area is 99.1 Å². The molecule has 4 heteroatoms. The summed E-state index contributed by atoms with van der Waals surface area (Å²) in [4.78, 5) is 1.79. The van der Waals surface area contributed by atoms with Crippen LogP contribution < -0.4 is 4.90 Å². The van der Waals surface area contributed by atoms with Gasteiger partial charge in [-0.05, 0) is 23.8 Å². The van der Waals surface area contributed by atoms with Crippen molar-refractivity contribution in [1.82, 2.24) is 0 Å². The van der Waals surface area contributed by atoms with Gasteiger partial charge in [-0.2, -0.15) is 0 Å². The van der Waals surface area contributed by atoms with Crippen molar-refractivity contribution < 1.29 is 13.9 Å². The van der Waals surface area contributed by atoms with Crippen LogP contribution in [0.5, 0.6) is 0 Å². The van der Waals surface area contributed by atoms with Gasteiger partial charge in [0.1, 0.15) is 5.82 Å². The molecule has 0 bridgehead atoms. The zero-order chi connectivity index (χ0) is 12.3. The summed E-state index contributed by atoms with van der Waals surface area (Å²) in [5.74, 6) is -0.331. The third-order valence-corrected chi connectivity index (χ3v) is 2.61. The molecule has 0 fully saturated rings. The molecule has 0 unspecified atom stereocenters. The molecule has 0 saturated heterocycles. The highest BCUT2D eigenvalue weighted by molar-refractivity contribution is 5.48. The molecule has 0 radical (unpaired) electrons. The molecule has 0 aliphatic rings. The lowest BCUT2D eigenvalue weighted by Gasteiger charge is -2.19. The lowest BCUT2D eigenvalue weighted by Crippen LogP contribution is -2.17. The maximum absolute atomic E-state index is 13.7. The third-order valence-electron chi connectivity index (χ3n) is 2.61. The first-order chi connectivity index (χ1) is 8.20. The quantitative estimate of drug-likeness (QED) is 0.884. The number of aliphatic hydroxyl groups excluding tert-OH is 1. The predicted octanol–water partition coefficient (Wildman–Crippen LogP) is 2.55. The topological polar surface area (TPSA) is 36.6 Å². The Morgan fingerprint density at radius 1 is 1.29 bits per heavy atom. The van der Waals surface area contributed by atoms with Gasteiger partial charge in [0.05, 0.1) is 24.8 Å². The minimum atomic E-state index is -0.331. The zero-order valence-electron chi connectivity index (χ0n) is 9.56. The molecule has 0 spiro atoms. The standard InChI is InChI=1S/C13H14FNO2/c1-15(7-11-4-5-17-9-11)13-3-2-10(8-16)6-12(13)14/h2-6,9,16H,7-8H2,1H3. The van der Waals surface area contributed by atoms with Gasteiger partial charge in [0.15, 0.2) is 0 Å². The van der Waals surface area contributed by atoms with E-state index in [2.05, 4.69) is 0 Å². The smallest absolute Gasteiger partial charge is 0.146 e. The van der Waals surface area contributed by atoms with Crippen LogP contribution in [0.3, 0.4) is 0 Å². The fraction of sp³-hybridized carbons (Fsp3) is 0.231. The van der Waals surface area contributed by atoms with Crippen molar-refractivity contribution in [3.05, 3.63) is 53.7 Å². The minimum absolute atomic E-state index is 0.150. The predicted molar refractivity (Wildman–Crippen MR) is 63.1 cm³/mol. The summed E-state index contributed by atoms with van der Waals surface area (Å²) in [6.07, 6.45) is 3.23. The molecule has 0 atom stereocenters. The molecule has 1 aromatic carbocycles. The number of nitrogens with zero attached hydrogens (tertiary/aromatic N) is 1. The molecule has 2 rings (SSSR count). The summed E-state index contributed by atoms with van der Waals surface area (Å²) >= 11 is 0. The van der Waals surface area contributed by atoms with E-state index in [0.717, 1.165) is 5.56 Å². The van der Waals surface area contributed by atoms with Crippen LogP contribution >= 0.6 is 0 Å². The van der Waals surface area contributed by atoms with E-state index in [1.165, 1.54) is 6.07 Å². The van der Waals surface area contributed by atoms with Gasteiger partial charge in [0.2, 0.25) is 0 Å². The second kappa shape index (κ2) is 5.01. The Morgan fingerprint density at radius 2 is 2.12 bits per heavy atom. The highest BCUT2D eigenvalue weighted by Crippen LogP contribution is 2.21. The van der Waals surface area contributed by atoms with Crippen molar-refractivity contribution >= 4 is 5.69 Å². The van der Waals surface area contributed by atoms with Gasteiger partial charge in [-0.15, -0.1) is 0 Å². The Hall–Kier alpha value is -1.81. The van der Waals surface area contributed by atoms with Gasteiger partial charge in [0, 0.05) is 19.2 Å². The number of rotatable bonds is 4. The molecule has 1 N–H and O–H groups in total. The minimum Gasteiger partial charge on any atom is -0.472 e. The Morgan fingerprint density at radius 3 is 2.71 bits per heavy atom. The first-order valence-electron chi connectivity index (χ1n) is 5.32. The summed E-state index contributed by atoms with van der Waals surface area (Å²) in [7, 11) is 1.81. The van der Waals surface area contributed by atoms with E-state index < -0.39 is 0 Å². The number of benzene rings is 1. The van der Waals surface area contributed by atoms with Gasteiger partial charge in [-0.3, -0.25) is 0 Å². The molecule has 0 amide bonds. The highest BCUT2D eigenvalue weighted by atomic mass is 19.1. The van der Waals surface area contributed by atoms with E-state index in [4.69, 9.17) is 9.52 Å². The van der Waals surface area contributed by atoms with E-state index in [1.807, 2.05) is 13.1 Å². The second-order valence-electron chi connectivity index (χ2n) is 3.93. The van der Waals surface area contributed by atoms with Crippen LogP contribution in [0.1, 0.15) is 11.1 Å². The van der Waals surface area contributed by atoms with E-state index in [0.29, 0.717) is 17.8 Å². The van der Waals surface area contributed by atoms with E-state index in [9.17, 15) is 4.39 Å². The molecule has 1 heterocycles. The molecule has 0 saturated carbocycles. The molecular formula is C13H14FNO2. The number of aliphatic hydroxyl groups is 1. The SMILES string of the molecule is CN(Cc1ccoc1)c1ccc(CO)cc1F. The van der Waals surface area contributed by atoms with E-state index in [1.54, 1.807) is 29.6 Å².